The van der Waals surface area contributed by atoms with Gasteiger partial charge >= 0.3 is 0 Å². The minimum absolute atomic E-state index is 0.723. The van der Waals surface area contributed by atoms with Gasteiger partial charge in [-0.05, 0) is 72.2 Å². The van der Waals surface area contributed by atoms with E-state index in [-0.39, 0.29) is 0 Å². The number of hydrogen-bond donors (Lipinski definition) is 1. The molecule has 0 bridgehead atoms. The lowest BCUT2D eigenvalue weighted by atomic mass is 10.0. The molecule has 0 radical (unpaired) electrons. The van der Waals surface area contributed by atoms with Gasteiger partial charge in [-0.25, -0.2) is 4.68 Å². The minimum Gasteiger partial charge on any atom is -0.370 e. The summed E-state index contributed by atoms with van der Waals surface area (Å²) < 4.78 is 3.23. The van der Waals surface area contributed by atoms with Crippen molar-refractivity contribution in [2.24, 2.45) is 0 Å². The zero-order valence-electron chi connectivity index (χ0n) is 13.1. The van der Waals surface area contributed by atoms with E-state index in [2.05, 4.69) is 52.2 Å². The maximum absolute atomic E-state index is 6.19. The van der Waals surface area contributed by atoms with E-state index in [1.807, 2.05) is 28.9 Å². The molecule has 24 heavy (non-hydrogen) atoms. The molecule has 0 aliphatic carbocycles. The highest BCUT2D eigenvalue weighted by atomic mass is 127. The van der Waals surface area contributed by atoms with Crippen LogP contribution in [0.5, 0.6) is 0 Å². The molecule has 3 aromatic rings. The van der Waals surface area contributed by atoms with Gasteiger partial charge in [-0.3, -0.25) is 0 Å². The van der Waals surface area contributed by atoms with Crippen molar-refractivity contribution in [2.75, 3.05) is 11.9 Å². The van der Waals surface area contributed by atoms with Gasteiger partial charge in [0.2, 0.25) is 0 Å². The molecule has 1 aliphatic rings. The molecular weight excluding hydrogens is 433 g/mol. The summed E-state index contributed by atoms with van der Waals surface area (Å²) in [5.74, 6) is 1.10. The summed E-state index contributed by atoms with van der Waals surface area (Å²) >= 11 is 8.52. The lowest BCUT2D eigenvalue weighted by molar-refractivity contribution is 0.780. The van der Waals surface area contributed by atoms with Crippen LogP contribution in [0, 0.1) is 3.57 Å². The zero-order valence-corrected chi connectivity index (χ0v) is 16.0. The Hall–Kier alpha value is -1.53. The first-order valence-electron chi connectivity index (χ1n) is 8.10. The molecule has 0 amide bonds. The molecule has 0 atom stereocenters. The Kier molecular flexibility index (Phi) is 4.50. The van der Waals surface area contributed by atoms with Crippen LogP contribution in [0.25, 0.3) is 16.9 Å². The Morgan fingerprint density at radius 1 is 1.08 bits per heavy atom. The van der Waals surface area contributed by atoms with Gasteiger partial charge in [0, 0.05) is 26.3 Å². The smallest absolute Gasteiger partial charge is 0.133 e. The van der Waals surface area contributed by atoms with Gasteiger partial charge in [-0.2, -0.15) is 5.10 Å². The van der Waals surface area contributed by atoms with E-state index in [4.69, 9.17) is 16.7 Å². The second kappa shape index (κ2) is 6.76. The largest absolute Gasteiger partial charge is 0.370 e. The molecule has 0 spiro atoms. The number of nitrogens with one attached hydrogen (secondary N) is 1. The fourth-order valence-electron chi connectivity index (χ4n) is 3.14. The molecule has 4 rings (SSSR count). The Morgan fingerprint density at radius 3 is 2.71 bits per heavy atom. The standard InChI is InChI=1S/C19H17ClIN3/c20-14-4-3-5-16(12-14)24-19-17(6-1-2-11-22-19)18(23-24)13-7-9-15(21)10-8-13/h3-5,7-10,12,22H,1-2,6,11H2. The second-order valence-electron chi connectivity index (χ2n) is 5.96. The van der Waals surface area contributed by atoms with Gasteiger partial charge in [-0.1, -0.05) is 29.8 Å². The third kappa shape index (κ3) is 3.05. The van der Waals surface area contributed by atoms with Crippen molar-refractivity contribution >= 4 is 40.0 Å². The Balaban J connectivity index is 1.90. The number of halogens is 2. The highest BCUT2D eigenvalue weighted by molar-refractivity contribution is 14.1. The molecule has 0 fully saturated rings. The molecule has 0 saturated carbocycles. The maximum atomic E-state index is 6.19. The van der Waals surface area contributed by atoms with Crippen LogP contribution in [0.2, 0.25) is 5.02 Å². The molecule has 1 aliphatic heterocycles. The van der Waals surface area contributed by atoms with Crippen molar-refractivity contribution < 1.29 is 0 Å². The SMILES string of the molecule is Clc1cccc(-n2nc(-c3ccc(I)cc3)c3c2NCCCC3)c1. The fourth-order valence-corrected chi connectivity index (χ4v) is 3.68. The molecule has 1 aromatic heterocycles. The summed E-state index contributed by atoms with van der Waals surface area (Å²) in [6.07, 6.45) is 3.40. The van der Waals surface area contributed by atoms with E-state index < -0.39 is 0 Å². The summed E-state index contributed by atoms with van der Waals surface area (Å²) in [5.41, 5.74) is 4.52. The third-order valence-corrected chi connectivity index (χ3v) is 5.25. The van der Waals surface area contributed by atoms with Crippen molar-refractivity contribution in [1.82, 2.24) is 9.78 Å². The van der Waals surface area contributed by atoms with Crippen LogP contribution in [0.1, 0.15) is 18.4 Å². The highest BCUT2D eigenvalue weighted by Crippen LogP contribution is 2.34. The first-order chi connectivity index (χ1) is 11.7. The molecule has 5 heteroatoms. The zero-order chi connectivity index (χ0) is 16.5. The molecule has 0 saturated heterocycles. The first kappa shape index (κ1) is 16.0. The topological polar surface area (TPSA) is 29.9 Å². The summed E-state index contributed by atoms with van der Waals surface area (Å²) in [6.45, 7) is 0.978. The van der Waals surface area contributed by atoms with Crippen LogP contribution in [0.3, 0.4) is 0 Å². The fraction of sp³-hybridized carbons (Fsp3) is 0.211. The molecular formula is C19H17ClIN3. The van der Waals surface area contributed by atoms with Crippen LogP contribution in [-0.2, 0) is 6.42 Å². The average molecular weight is 450 g/mol. The van der Waals surface area contributed by atoms with Crippen molar-refractivity contribution in [3.8, 4) is 16.9 Å². The van der Waals surface area contributed by atoms with Crippen molar-refractivity contribution in [3.05, 3.63) is 62.7 Å². The third-order valence-electron chi connectivity index (χ3n) is 4.30. The summed E-state index contributed by atoms with van der Waals surface area (Å²) in [4.78, 5) is 0. The number of hydrogen-bond acceptors (Lipinski definition) is 2. The summed E-state index contributed by atoms with van der Waals surface area (Å²) in [7, 11) is 0. The minimum atomic E-state index is 0.723. The van der Waals surface area contributed by atoms with E-state index in [0.29, 0.717) is 0 Å². The van der Waals surface area contributed by atoms with Crippen molar-refractivity contribution in [3.63, 3.8) is 0 Å². The summed E-state index contributed by atoms with van der Waals surface area (Å²) in [5, 5.41) is 9.23. The van der Waals surface area contributed by atoms with E-state index in [0.717, 1.165) is 40.8 Å². The van der Waals surface area contributed by atoms with Gasteiger partial charge < -0.3 is 5.32 Å². The van der Waals surface area contributed by atoms with Gasteiger partial charge in [0.1, 0.15) is 5.82 Å². The molecule has 0 unspecified atom stereocenters. The quantitative estimate of drug-likeness (QED) is 0.520. The van der Waals surface area contributed by atoms with E-state index in [1.54, 1.807) is 0 Å². The van der Waals surface area contributed by atoms with Gasteiger partial charge in [0.15, 0.2) is 0 Å². The van der Waals surface area contributed by atoms with E-state index >= 15 is 0 Å². The van der Waals surface area contributed by atoms with Gasteiger partial charge in [0.25, 0.3) is 0 Å². The van der Waals surface area contributed by atoms with E-state index in [1.165, 1.54) is 22.0 Å². The summed E-state index contributed by atoms with van der Waals surface area (Å²) in [6, 6.07) is 16.4. The monoisotopic (exact) mass is 449 g/mol. The normalized spacial score (nSPS) is 13.9. The lowest BCUT2D eigenvalue weighted by Crippen LogP contribution is -2.07. The van der Waals surface area contributed by atoms with Crippen LogP contribution in [0.4, 0.5) is 5.82 Å². The Morgan fingerprint density at radius 2 is 1.92 bits per heavy atom. The second-order valence-corrected chi connectivity index (χ2v) is 7.64. The molecule has 1 N–H and O–H groups in total. The number of anilines is 1. The molecule has 2 aromatic carbocycles. The number of nitrogens with zero attached hydrogens (tertiary/aromatic N) is 2. The Labute approximate surface area is 160 Å². The molecule has 122 valence electrons. The number of rotatable bonds is 2. The number of fused-ring (bicyclic) bond motifs is 1. The number of aromatic nitrogens is 2. The van der Waals surface area contributed by atoms with Gasteiger partial charge in [-0.15, -0.1) is 0 Å². The number of benzene rings is 2. The van der Waals surface area contributed by atoms with E-state index in [9.17, 15) is 0 Å². The maximum Gasteiger partial charge on any atom is 0.133 e. The first-order valence-corrected chi connectivity index (χ1v) is 9.56. The highest BCUT2D eigenvalue weighted by Gasteiger charge is 2.21. The average Bonchev–Trinajstić information content (AvgIpc) is 2.77. The van der Waals surface area contributed by atoms with Crippen molar-refractivity contribution in [1.29, 1.82) is 0 Å². The van der Waals surface area contributed by atoms with Gasteiger partial charge in [0.05, 0.1) is 11.4 Å². The van der Waals surface area contributed by atoms with Crippen LogP contribution in [-0.4, -0.2) is 16.3 Å². The van der Waals surface area contributed by atoms with Crippen LogP contribution >= 0.6 is 34.2 Å². The van der Waals surface area contributed by atoms with Crippen molar-refractivity contribution in [2.45, 2.75) is 19.3 Å². The molecule has 2 heterocycles. The predicted molar refractivity (Wildman–Crippen MR) is 108 cm³/mol. The lowest BCUT2D eigenvalue weighted by Gasteiger charge is -2.09. The van der Waals surface area contributed by atoms with Crippen LogP contribution < -0.4 is 5.32 Å². The predicted octanol–water partition coefficient (Wildman–Crippen LogP) is 5.55. The molecule has 3 nitrogen and oxygen atoms in total. The van der Waals surface area contributed by atoms with Crippen LogP contribution in [0.15, 0.2) is 48.5 Å². The Bertz CT molecular complexity index is 871.